The molecule has 1 aliphatic heterocycles. The molecule has 0 amide bonds. The average Bonchev–Trinajstić information content (AvgIpc) is 3.40. The lowest BCUT2D eigenvalue weighted by molar-refractivity contribution is 0.302. The molecule has 1 fully saturated rings. The van der Waals surface area contributed by atoms with Gasteiger partial charge in [-0.2, -0.15) is 0 Å². The molecule has 1 aromatic carbocycles. The van der Waals surface area contributed by atoms with Crippen LogP contribution < -0.4 is 5.32 Å². The Morgan fingerprint density at radius 2 is 1.84 bits per heavy atom. The highest BCUT2D eigenvalue weighted by atomic mass is 32.1. The molecule has 0 radical (unpaired) electrons. The number of hydrogen-bond acceptors (Lipinski definition) is 3. The number of benzene rings is 1. The van der Waals surface area contributed by atoms with Gasteiger partial charge in [-0.3, -0.25) is 9.97 Å². The first kappa shape index (κ1) is 19.5. The SMILES string of the molecule is Cc1ccc(-n2cccc2C2C(c3ccccn3)NC(=S)N2Cc2cccnc2)cc1. The normalized spacial score (nSPS) is 18.2. The van der Waals surface area contributed by atoms with Gasteiger partial charge in [0, 0.05) is 42.7 Å². The van der Waals surface area contributed by atoms with E-state index in [2.05, 4.69) is 86.4 Å². The molecule has 1 saturated heterocycles. The molecule has 0 aliphatic carbocycles. The van der Waals surface area contributed by atoms with Crippen molar-refractivity contribution < 1.29 is 0 Å². The summed E-state index contributed by atoms with van der Waals surface area (Å²) in [5, 5.41) is 4.25. The van der Waals surface area contributed by atoms with Gasteiger partial charge in [-0.1, -0.05) is 29.8 Å². The van der Waals surface area contributed by atoms with E-state index in [9.17, 15) is 0 Å². The van der Waals surface area contributed by atoms with Crippen LogP contribution >= 0.6 is 12.2 Å². The molecule has 1 N–H and O–H groups in total. The van der Waals surface area contributed by atoms with Crippen molar-refractivity contribution in [1.82, 2.24) is 24.8 Å². The van der Waals surface area contributed by atoms with Gasteiger partial charge >= 0.3 is 0 Å². The molecule has 31 heavy (non-hydrogen) atoms. The molecule has 154 valence electrons. The highest BCUT2D eigenvalue weighted by Crippen LogP contribution is 2.40. The molecular weight excluding hydrogens is 402 g/mol. The van der Waals surface area contributed by atoms with Gasteiger partial charge in [0.2, 0.25) is 0 Å². The van der Waals surface area contributed by atoms with Gasteiger partial charge in [-0.05, 0) is 67.2 Å². The maximum Gasteiger partial charge on any atom is 0.170 e. The third-order valence-electron chi connectivity index (χ3n) is 5.67. The number of nitrogens with zero attached hydrogens (tertiary/aromatic N) is 4. The quantitative estimate of drug-likeness (QED) is 0.468. The Kier molecular flexibility index (Phi) is 5.22. The van der Waals surface area contributed by atoms with Crippen LogP contribution in [0.1, 0.15) is 34.6 Å². The number of hydrogen-bond donors (Lipinski definition) is 1. The van der Waals surface area contributed by atoms with Crippen LogP contribution in [0.4, 0.5) is 0 Å². The molecule has 0 saturated carbocycles. The number of thiocarbonyl (C=S) groups is 1. The summed E-state index contributed by atoms with van der Waals surface area (Å²) in [5.74, 6) is 0. The van der Waals surface area contributed by atoms with E-state index >= 15 is 0 Å². The minimum atomic E-state index is -0.0514. The minimum absolute atomic E-state index is 0.0149. The molecule has 3 aromatic heterocycles. The van der Waals surface area contributed by atoms with Crippen molar-refractivity contribution in [3.8, 4) is 5.69 Å². The fraction of sp³-hybridized carbons (Fsp3) is 0.160. The topological polar surface area (TPSA) is 46.0 Å². The summed E-state index contributed by atoms with van der Waals surface area (Å²) in [6.45, 7) is 2.78. The first-order valence-corrected chi connectivity index (χ1v) is 10.7. The Bertz CT molecular complexity index is 1170. The second kappa shape index (κ2) is 8.32. The van der Waals surface area contributed by atoms with E-state index in [0.717, 1.165) is 27.8 Å². The van der Waals surface area contributed by atoms with Crippen LogP contribution in [0, 0.1) is 6.92 Å². The van der Waals surface area contributed by atoms with Gasteiger partial charge < -0.3 is 14.8 Å². The zero-order valence-electron chi connectivity index (χ0n) is 17.2. The summed E-state index contributed by atoms with van der Waals surface area (Å²) < 4.78 is 2.24. The molecule has 4 heterocycles. The molecular formula is C25H23N5S. The lowest BCUT2D eigenvalue weighted by Gasteiger charge is -2.29. The summed E-state index contributed by atoms with van der Waals surface area (Å²) in [7, 11) is 0. The highest BCUT2D eigenvalue weighted by molar-refractivity contribution is 7.80. The largest absolute Gasteiger partial charge is 0.352 e. The van der Waals surface area contributed by atoms with Crippen molar-refractivity contribution in [3.63, 3.8) is 0 Å². The summed E-state index contributed by atoms with van der Waals surface area (Å²) in [6.07, 6.45) is 7.63. The van der Waals surface area contributed by atoms with Crippen LogP contribution in [-0.2, 0) is 6.54 Å². The van der Waals surface area contributed by atoms with Gasteiger partial charge in [0.25, 0.3) is 0 Å². The predicted octanol–water partition coefficient (Wildman–Crippen LogP) is 4.75. The van der Waals surface area contributed by atoms with E-state index in [0.29, 0.717) is 6.54 Å². The molecule has 4 aromatic rings. The number of aromatic nitrogens is 3. The fourth-order valence-corrected chi connectivity index (χ4v) is 4.47. The molecule has 2 atom stereocenters. The van der Waals surface area contributed by atoms with E-state index in [1.807, 2.05) is 30.6 Å². The second-order valence-electron chi connectivity index (χ2n) is 7.75. The molecule has 0 spiro atoms. The van der Waals surface area contributed by atoms with Crippen molar-refractivity contribution in [2.75, 3.05) is 0 Å². The van der Waals surface area contributed by atoms with Gasteiger partial charge in [0.15, 0.2) is 5.11 Å². The number of pyridine rings is 2. The maximum absolute atomic E-state index is 5.80. The zero-order valence-corrected chi connectivity index (χ0v) is 18.0. The maximum atomic E-state index is 5.80. The molecule has 5 rings (SSSR count). The minimum Gasteiger partial charge on any atom is -0.352 e. The lowest BCUT2D eigenvalue weighted by atomic mass is 10.0. The smallest absolute Gasteiger partial charge is 0.170 e. The van der Waals surface area contributed by atoms with Crippen LogP contribution in [-0.4, -0.2) is 24.5 Å². The molecule has 5 nitrogen and oxygen atoms in total. The van der Waals surface area contributed by atoms with Crippen LogP contribution in [0.3, 0.4) is 0 Å². The lowest BCUT2D eigenvalue weighted by Crippen LogP contribution is -2.30. The van der Waals surface area contributed by atoms with Gasteiger partial charge in [-0.25, -0.2) is 0 Å². The van der Waals surface area contributed by atoms with E-state index < -0.39 is 0 Å². The van der Waals surface area contributed by atoms with Crippen LogP contribution in [0.25, 0.3) is 5.69 Å². The van der Waals surface area contributed by atoms with Gasteiger partial charge in [0.05, 0.1) is 17.8 Å². The third-order valence-corrected chi connectivity index (χ3v) is 6.02. The summed E-state index contributed by atoms with van der Waals surface area (Å²) in [6, 6.07) is 22.8. The van der Waals surface area contributed by atoms with E-state index in [-0.39, 0.29) is 12.1 Å². The molecule has 1 aliphatic rings. The summed E-state index contributed by atoms with van der Waals surface area (Å²) >= 11 is 5.80. The van der Waals surface area contributed by atoms with Crippen LogP contribution in [0.15, 0.2) is 91.5 Å². The number of rotatable bonds is 5. The van der Waals surface area contributed by atoms with Crippen LogP contribution in [0.2, 0.25) is 0 Å². The molecule has 0 bridgehead atoms. The Morgan fingerprint density at radius 1 is 0.968 bits per heavy atom. The van der Waals surface area contributed by atoms with Crippen molar-refractivity contribution in [1.29, 1.82) is 0 Å². The van der Waals surface area contributed by atoms with E-state index in [4.69, 9.17) is 12.2 Å². The average molecular weight is 426 g/mol. The molecule has 6 heteroatoms. The fourth-order valence-electron chi connectivity index (χ4n) is 4.16. The monoisotopic (exact) mass is 425 g/mol. The Balaban J connectivity index is 1.60. The van der Waals surface area contributed by atoms with Crippen molar-refractivity contribution in [2.45, 2.75) is 25.6 Å². The Labute approximate surface area is 187 Å². The van der Waals surface area contributed by atoms with E-state index in [1.165, 1.54) is 5.56 Å². The van der Waals surface area contributed by atoms with Crippen LogP contribution in [0.5, 0.6) is 0 Å². The Hall–Kier alpha value is -3.51. The van der Waals surface area contributed by atoms with Gasteiger partial charge in [-0.15, -0.1) is 0 Å². The van der Waals surface area contributed by atoms with Crippen molar-refractivity contribution in [2.24, 2.45) is 0 Å². The second-order valence-corrected chi connectivity index (χ2v) is 8.14. The van der Waals surface area contributed by atoms with Gasteiger partial charge in [0.1, 0.15) is 0 Å². The number of nitrogens with one attached hydrogen (secondary N) is 1. The van der Waals surface area contributed by atoms with Crippen molar-refractivity contribution >= 4 is 17.3 Å². The predicted molar refractivity (Wildman–Crippen MR) is 126 cm³/mol. The molecule has 2 unspecified atom stereocenters. The van der Waals surface area contributed by atoms with Crippen molar-refractivity contribution in [3.05, 3.63) is 114 Å². The number of aryl methyl sites for hydroxylation is 1. The first-order valence-electron chi connectivity index (χ1n) is 10.3. The highest BCUT2D eigenvalue weighted by Gasteiger charge is 2.41. The Morgan fingerprint density at radius 3 is 2.58 bits per heavy atom. The standard InChI is InChI=1S/C25H23N5S/c1-18-9-11-20(12-10-18)29-15-5-8-22(29)24-23(21-7-2-3-14-27-21)28-25(31)30(24)17-19-6-4-13-26-16-19/h2-16,23-24H,17H2,1H3,(H,28,31). The first-order chi connectivity index (χ1) is 15.2. The summed E-state index contributed by atoms with van der Waals surface area (Å²) in [4.78, 5) is 11.2. The third kappa shape index (κ3) is 3.82. The summed E-state index contributed by atoms with van der Waals surface area (Å²) in [5.41, 5.74) is 5.62. The zero-order chi connectivity index (χ0) is 21.2. The van der Waals surface area contributed by atoms with E-state index in [1.54, 1.807) is 6.20 Å².